The summed E-state index contributed by atoms with van der Waals surface area (Å²) in [4.78, 5) is 37.1. The molecule has 1 atom stereocenters. The molecule has 0 saturated heterocycles. The Morgan fingerprint density at radius 1 is 1.00 bits per heavy atom. The van der Waals surface area contributed by atoms with Crippen LogP contribution in [0.5, 0.6) is 11.5 Å². The lowest BCUT2D eigenvalue weighted by Gasteiger charge is -2.25. The Hall–Kier alpha value is -4.11. The van der Waals surface area contributed by atoms with Crippen LogP contribution < -0.4 is 14.8 Å². The van der Waals surface area contributed by atoms with Gasteiger partial charge < -0.3 is 14.8 Å². The van der Waals surface area contributed by atoms with Gasteiger partial charge in [-0.15, -0.1) is 0 Å². The van der Waals surface area contributed by atoms with E-state index in [0.29, 0.717) is 35.5 Å². The third-order valence-corrected chi connectivity index (χ3v) is 7.04. The number of fused-ring (bicyclic) bond motifs is 3. The second-order valence-electron chi connectivity index (χ2n) is 8.43. The monoisotopic (exact) mass is 514 g/mol. The molecule has 0 saturated carbocycles. The molecule has 0 bridgehead atoms. The van der Waals surface area contributed by atoms with Crippen LogP contribution in [0.1, 0.15) is 22.7 Å². The maximum atomic E-state index is 13.4. The first-order valence-corrected chi connectivity index (χ1v) is 12.8. The Morgan fingerprint density at radius 2 is 1.76 bits per heavy atom. The van der Waals surface area contributed by atoms with Crippen LogP contribution in [0.2, 0.25) is 0 Å². The van der Waals surface area contributed by atoms with Crippen molar-refractivity contribution in [2.24, 2.45) is 9.98 Å². The molecule has 0 unspecified atom stereocenters. The van der Waals surface area contributed by atoms with Crippen LogP contribution in [0.15, 0.2) is 82.8 Å². The summed E-state index contributed by atoms with van der Waals surface area (Å²) in [5.41, 5.74) is 3.38. The van der Waals surface area contributed by atoms with Crippen molar-refractivity contribution in [3.8, 4) is 11.5 Å². The highest BCUT2D eigenvalue weighted by molar-refractivity contribution is 8.14. The van der Waals surface area contributed by atoms with Crippen LogP contribution >= 0.6 is 11.8 Å². The van der Waals surface area contributed by atoms with E-state index in [1.165, 1.54) is 11.8 Å². The molecule has 37 heavy (non-hydrogen) atoms. The molecular formula is C28H26N4O4S. The molecule has 1 N–H and O–H groups in total. The van der Waals surface area contributed by atoms with E-state index in [-0.39, 0.29) is 17.6 Å². The Labute approximate surface area is 219 Å². The van der Waals surface area contributed by atoms with Gasteiger partial charge in [0.2, 0.25) is 5.91 Å². The first kappa shape index (κ1) is 24.6. The van der Waals surface area contributed by atoms with Gasteiger partial charge in [-0.25, -0.2) is 14.9 Å². The maximum absolute atomic E-state index is 13.4. The quantitative estimate of drug-likeness (QED) is 0.488. The van der Waals surface area contributed by atoms with Crippen molar-refractivity contribution < 1.29 is 19.1 Å². The molecule has 9 heteroatoms. The predicted molar refractivity (Wildman–Crippen MR) is 145 cm³/mol. The number of methoxy groups -OCH3 is 2. The number of carbonyl (C=O) groups is 2. The van der Waals surface area contributed by atoms with E-state index >= 15 is 0 Å². The molecule has 3 aromatic rings. The van der Waals surface area contributed by atoms with E-state index < -0.39 is 6.04 Å². The largest absolute Gasteiger partial charge is 0.493 e. The number of amides is 2. The molecule has 0 aliphatic carbocycles. The lowest BCUT2D eigenvalue weighted by Crippen LogP contribution is -2.40. The van der Waals surface area contributed by atoms with Gasteiger partial charge in [-0.2, -0.15) is 0 Å². The molecule has 2 amide bonds. The van der Waals surface area contributed by atoms with E-state index in [0.717, 1.165) is 22.4 Å². The highest BCUT2D eigenvalue weighted by atomic mass is 32.2. The fraction of sp³-hybridized carbons (Fsp3) is 0.214. The second-order valence-corrected chi connectivity index (χ2v) is 9.37. The number of amidine groups is 2. The van der Waals surface area contributed by atoms with Crippen molar-refractivity contribution in [3.05, 3.63) is 89.5 Å². The topological polar surface area (TPSA) is 92.6 Å². The first-order valence-electron chi connectivity index (χ1n) is 11.8. The highest BCUT2D eigenvalue weighted by Gasteiger charge is 2.42. The standard InChI is InChI=1S/C28H26N4O4S/c1-35-22-13-12-18(16-23(22)36-2)14-15-29-24(33)17-37-28-30-21-11-7-6-10-20(21)26-31-25(27(34)32(26)28)19-8-4-3-5-9-19/h3-13,16,25H,14-15,17H2,1-2H3,(H,29,33)/t25-/m1/s1. The van der Waals surface area contributed by atoms with Crippen molar-refractivity contribution in [2.75, 3.05) is 26.5 Å². The van der Waals surface area contributed by atoms with Crippen molar-refractivity contribution in [1.82, 2.24) is 10.2 Å². The van der Waals surface area contributed by atoms with Gasteiger partial charge in [0.25, 0.3) is 5.91 Å². The van der Waals surface area contributed by atoms with Crippen LogP contribution in [0, 0.1) is 0 Å². The number of hydrogen-bond donors (Lipinski definition) is 1. The fourth-order valence-electron chi connectivity index (χ4n) is 4.26. The molecule has 0 spiro atoms. The number of nitrogens with one attached hydrogen (secondary N) is 1. The summed E-state index contributed by atoms with van der Waals surface area (Å²) in [6, 6.07) is 22.1. The van der Waals surface area contributed by atoms with E-state index in [1.807, 2.05) is 72.8 Å². The molecule has 2 aliphatic heterocycles. The van der Waals surface area contributed by atoms with E-state index in [1.54, 1.807) is 19.1 Å². The van der Waals surface area contributed by atoms with Crippen molar-refractivity contribution >= 4 is 40.3 Å². The van der Waals surface area contributed by atoms with Crippen LogP contribution in [0.4, 0.5) is 5.69 Å². The minimum Gasteiger partial charge on any atom is -0.493 e. The van der Waals surface area contributed by atoms with Gasteiger partial charge in [0.15, 0.2) is 22.7 Å². The van der Waals surface area contributed by atoms with Gasteiger partial charge >= 0.3 is 0 Å². The van der Waals surface area contributed by atoms with Crippen molar-refractivity contribution in [3.63, 3.8) is 0 Å². The number of aliphatic imine (C=N–C) groups is 2. The Bertz CT molecular complexity index is 1390. The zero-order chi connectivity index (χ0) is 25.8. The second kappa shape index (κ2) is 10.9. The summed E-state index contributed by atoms with van der Waals surface area (Å²) in [5, 5.41) is 3.40. The molecular weight excluding hydrogens is 488 g/mol. The van der Waals surface area contributed by atoms with Crippen molar-refractivity contribution in [1.29, 1.82) is 0 Å². The Balaban J connectivity index is 1.25. The molecule has 0 radical (unpaired) electrons. The van der Waals surface area contributed by atoms with E-state index in [9.17, 15) is 9.59 Å². The maximum Gasteiger partial charge on any atom is 0.263 e. The molecule has 2 aliphatic rings. The van der Waals surface area contributed by atoms with Gasteiger partial charge in [-0.1, -0.05) is 60.3 Å². The number of benzene rings is 3. The van der Waals surface area contributed by atoms with Crippen LogP contribution in [-0.4, -0.2) is 54.2 Å². The van der Waals surface area contributed by atoms with E-state index in [2.05, 4.69) is 5.32 Å². The lowest BCUT2D eigenvalue weighted by atomic mass is 10.1. The van der Waals surface area contributed by atoms with Gasteiger partial charge in [-0.05, 0) is 41.8 Å². The summed E-state index contributed by atoms with van der Waals surface area (Å²) in [7, 11) is 3.19. The third kappa shape index (κ3) is 5.08. The molecule has 0 aromatic heterocycles. The number of hydrogen-bond acceptors (Lipinski definition) is 7. The number of carbonyl (C=O) groups excluding carboxylic acids is 2. The average Bonchev–Trinajstić information content (AvgIpc) is 3.29. The van der Waals surface area contributed by atoms with Gasteiger partial charge in [0.1, 0.15) is 5.84 Å². The molecule has 2 heterocycles. The SMILES string of the molecule is COc1ccc(CCNC(=O)CSC2=Nc3ccccc3C3=N[C@H](c4ccccc4)C(=O)N23)cc1OC. The normalized spacial score (nSPS) is 15.9. The summed E-state index contributed by atoms with van der Waals surface area (Å²) in [5.74, 6) is 1.70. The lowest BCUT2D eigenvalue weighted by molar-refractivity contribution is -0.124. The Morgan fingerprint density at radius 3 is 2.54 bits per heavy atom. The van der Waals surface area contributed by atoms with Crippen molar-refractivity contribution in [2.45, 2.75) is 12.5 Å². The van der Waals surface area contributed by atoms with Gasteiger partial charge in [-0.3, -0.25) is 9.59 Å². The zero-order valence-corrected chi connectivity index (χ0v) is 21.3. The smallest absolute Gasteiger partial charge is 0.263 e. The third-order valence-electron chi connectivity index (χ3n) is 6.10. The van der Waals surface area contributed by atoms with Gasteiger partial charge in [0.05, 0.1) is 25.7 Å². The molecule has 5 rings (SSSR count). The number of thioether (sulfide) groups is 1. The molecule has 188 valence electrons. The fourth-order valence-corrected chi connectivity index (χ4v) is 5.09. The summed E-state index contributed by atoms with van der Waals surface area (Å²) in [6.07, 6.45) is 0.644. The zero-order valence-electron chi connectivity index (χ0n) is 20.5. The summed E-state index contributed by atoms with van der Waals surface area (Å²) in [6.45, 7) is 0.468. The molecule has 3 aromatic carbocycles. The first-order chi connectivity index (χ1) is 18.1. The van der Waals surface area contributed by atoms with Crippen LogP contribution in [0.3, 0.4) is 0 Å². The minimum atomic E-state index is -0.636. The van der Waals surface area contributed by atoms with E-state index in [4.69, 9.17) is 19.5 Å². The summed E-state index contributed by atoms with van der Waals surface area (Å²) >= 11 is 1.23. The molecule has 8 nitrogen and oxygen atoms in total. The predicted octanol–water partition coefficient (Wildman–Crippen LogP) is 4.13. The summed E-state index contributed by atoms with van der Waals surface area (Å²) < 4.78 is 10.6. The average molecular weight is 515 g/mol. The van der Waals surface area contributed by atoms with Crippen LogP contribution in [-0.2, 0) is 16.0 Å². The number of ether oxygens (including phenoxy) is 2. The molecule has 0 fully saturated rings. The number of nitrogens with zero attached hydrogens (tertiary/aromatic N) is 3. The number of rotatable bonds is 8. The highest BCUT2D eigenvalue weighted by Crippen LogP contribution is 2.37. The van der Waals surface area contributed by atoms with Crippen LogP contribution in [0.25, 0.3) is 0 Å². The van der Waals surface area contributed by atoms with Gasteiger partial charge in [0, 0.05) is 12.1 Å². The Kier molecular flexibility index (Phi) is 7.23. The minimum absolute atomic E-state index is 0.125. The number of para-hydroxylation sites is 1.